The number of Topliss-reactive ketones (excluding diaryl/α,β-unsaturated/α-hetero) is 1. The number of nitrogens with zero attached hydrogens (tertiary/aromatic N) is 1. The predicted molar refractivity (Wildman–Crippen MR) is 76.1 cm³/mol. The van der Waals surface area contributed by atoms with E-state index in [0.29, 0.717) is 6.42 Å². The lowest BCUT2D eigenvalue weighted by Gasteiger charge is -2.29. The minimum absolute atomic E-state index is 0.0202. The molecule has 0 N–H and O–H groups in total. The van der Waals surface area contributed by atoms with Gasteiger partial charge in [0.25, 0.3) is 0 Å². The maximum Gasteiger partial charge on any atom is 0.165 e. The van der Waals surface area contributed by atoms with E-state index < -0.39 is 0 Å². The Morgan fingerprint density at radius 2 is 1.74 bits per heavy atom. The van der Waals surface area contributed by atoms with Crippen molar-refractivity contribution in [2.24, 2.45) is 5.41 Å². The summed E-state index contributed by atoms with van der Waals surface area (Å²) in [6, 6.07) is 14.0. The molecule has 1 aromatic heterocycles. The van der Waals surface area contributed by atoms with Crippen LogP contribution in [0.4, 0.5) is 0 Å². The van der Waals surface area contributed by atoms with Crippen molar-refractivity contribution in [2.75, 3.05) is 0 Å². The fourth-order valence-electron chi connectivity index (χ4n) is 2.71. The van der Waals surface area contributed by atoms with Gasteiger partial charge in [0.15, 0.2) is 5.78 Å². The molecule has 1 aliphatic carbocycles. The summed E-state index contributed by atoms with van der Waals surface area (Å²) in [6.07, 6.45) is 1.49. The van der Waals surface area contributed by atoms with Crippen molar-refractivity contribution in [3.05, 3.63) is 53.7 Å². The number of ketones is 1. The van der Waals surface area contributed by atoms with Gasteiger partial charge in [-0.2, -0.15) is 0 Å². The largest absolute Gasteiger partial charge is 0.294 e. The van der Waals surface area contributed by atoms with Crippen LogP contribution in [0.2, 0.25) is 0 Å². The van der Waals surface area contributed by atoms with E-state index in [-0.39, 0.29) is 11.2 Å². The maximum absolute atomic E-state index is 12.1. The average Bonchev–Trinajstić information content (AvgIpc) is 2.37. The number of hydrogen-bond acceptors (Lipinski definition) is 2. The zero-order valence-electron chi connectivity index (χ0n) is 11.3. The molecule has 19 heavy (non-hydrogen) atoms. The Bertz CT molecular complexity index is 629. The highest BCUT2D eigenvalue weighted by Crippen LogP contribution is 2.34. The van der Waals surface area contributed by atoms with Gasteiger partial charge in [-0.05, 0) is 24.0 Å². The molecule has 0 saturated heterocycles. The topological polar surface area (TPSA) is 30.0 Å². The van der Waals surface area contributed by atoms with Crippen LogP contribution in [-0.4, -0.2) is 10.8 Å². The number of aromatic nitrogens is 1. The normalized spacial score (nSPS) is 17.1. The van der Waals surface area contributed by atoms with Crippen molar-refractivity contribution in [1.82, 2.24) is 4.98 Å². The molecule has 96 valence electrons. The van der Waals surface area contributed by atoms with E-state index in [4.69, 9.17) is 4.98 Å². The van der Waals surface area contributed by atoms with Crippen molar-refractivity contribution in [3.63, 3.8) is 0 Å². The van der Waals surface area contributed by atoms with E-state index in [1.54, 1.807) is 0 Å². The van der Waals surface area contributed by atoms with E-state index in [1.165, 1.54) is 0 Å². The van der Waals surface area contributed by atoms with Gasteiger partial charge in [-0.1, -0.05) is 44.2 Å². The molecule has 0 saturated carbocycles. The lowest BCUT2D eigenvalue weighted by Crippen LogP contribution is -2.27. The fraction of sp³-hybridized carbons (Fsp3) is 0.294. The maximum atomic E-state index is 12.1. The van der Waals surface area contributed by atoms with Gasteiger partial charge in [-0.25, -0.2) is 0 Å². The summed E-state index contributed by atoms with van der Waals surface area (Å²) in [6.45, 7) is 4.26. The summed E-state index contributed by atoms with van der Waals surface area (Å²) in [5.41, 5.74) is 3.82. The van der Waals surface area contributed by atoms with Gasteiger partial charge in [-0.15, -0.1) is 0 Å². The Kier molecular flexibility index (Phi) is 2.74. The molecule has 2 heteroatoms. The Morgan fingerprint density at radius 3 is 2.47 bits per heavy atom. The van der Waals surface area contributed by atoms with Crippen LogP contribution in [0.1, 0.15) is 36.3 Å². The fourth-order valence-corrected chi connectivity index (χ4v) is 2.71. The molecule has 0 atom stereocenters. The third kappa shape index (κ3) is 2.30. The summed E-state index contributed by atoms with van der Waals surface area (Å²) >= 11 is 0. The van der Waals surface area contributed by atoms with Gasteiger partial charge in [-0.3, -0.25) is 9.78 Å². The molecular formula is C17H17NO. The quantitative estimate of drug-likeness (QED) is 0.769. The van der Waals surface area contributed by atoms with Crippen molar-refractivity contribution < 1.29 is 4.79 Å². The van der Waals surface area contributed by atoms with E-state index in [0.717, 1.165) is 28.9 Å². The molecule has 0 fully saturated rings. The second-order valence-electron chi connectivity index (χ2n) is 6.00. The molecule has 1 heterocycles. The SMILES string of the molecule is CC1(C)CC(=O)c2ccc(-c3ccccc3)nc2C1. The number of benzene rings is 1. The van der Waals surface area contributed by atoms with Crippen LogP contribution >= 0.6 is 0 Å². The minimum atomic E-state index is 0.0202. The summed E-state index contributed by atoms with van der Waals surface area (Å²) in [5, 5.41) is 0. The van der Waals surface area contributed by atoms with Gasteiger partial charge in [0, 0.05) is 17.5 Å². The summed E-state index contributed by atoms with van der Waals surface area (Å²) < 4.78 is 0. The zero-order valence-corrected chi connectivity index (χ0v) is 11.3. The van der Waals surface area contributed by atoms with E-state index in [2.05, 4.69) is 13.8 Å². The number of fused-ring (bicyclic) bond motifs is 1. The number of rotatable bonds is 1. The van der Waals surface area contributed by atoms with Crippen LogP contribution in [0.25, 0.3) is 11.3 Å². The first-order valence-corrected chi connectivity index (χ1v) is 6.64. The molecule has 2 aromatic rings. The van der Waals surface area contributed by atoms with Gasteiger partial charge in [0.1, 0.15) is 0 Å². The number of carbonyl (C=O) groups excluding carboxylic acids is 1. The molecule has 2 nitrogen and oxygen atoms in total. The van der Waals surface area contributed by atoms with Crippen molar-refractivity contribution >= 4 is 5.78 Å². The third-order valence-electron chi connectivity index (χ3n) is 3.63. The highest BCUT2D eigenvalue weighted by Gasteiger charge is 2.31. The highest BCUT2D eigenvalue weighted by atomic mass is 16.1. The molecule has 0 bridgehead atoms. The third-order valence-corrected chi connectivity index (χ3v) is 3.63. The Balaban J connectivity index is 2.07. The molecule has 0 unspecified atom stereocenters. The van der Waals surface area contributed by atoms with E-state index in [9.17, 15) is 4.79 Å². The molecule has 0 radical (unpaired) electrons. The predicted octanol–water partition coefficient (Wildman–Crippen LogP) is 3.90. The van der Waals surface area contributed by atoms with Crippen LogP contribution in [0.5, 0.6) is 0 Å². The molecule has 3 rings (SSSR count). The number of hydrogen-bond donors (Lipinski definition) is 0. The molecule has 1 aromatic carbocycles. The van der Waals surface area contributed by atoms with E-state index in [1.807, 2.05) is 42.5 Å². The smallest absolute Gasteiger partial charge is 0.165 e. The monoisotopic (exact) mass is 251 g/mol. The second-order valence-corrected chi connectivity index (χ2v) is 6.00. The van der Waals surface area contributed by atoms with Crippen LogP contribution in [0.3, 0.4) is 0 Å². The minimum Gasteiger partial charge on any atom is -0.294 e. The van der Waals surface area contributed by atoms with Crippen molar-refractivity contribution in [3.8, 4) is 11.3 Å². The number of carbonyl (C=O) groups is 1. The first-order valence-electron chi connectivity index (χ1n) is 6.64. The summed E-state index contributed by atoms with van der Waals surface area (Å²) in [5.74, 6) is 0.221. The van der Waals surface area contributed by atoms with Crippen LogP contribution in [0.15, 0.2) is 42.5 Å². The lowest BCUT2D eigenvalue weighted by atomic mass is 9.75. The van der Waals surface area contributed by atoms with Crippen LogP contribution in [-0.2, 0) is 6.42 Å². The van der Waals surface area contributed by atoms with Crippen LogP contribution < -0.4 is 0 Å². The molecule has 0 spiro atoms. The molecule has 0 amide bonds. The average molecular weight is 251 g/mol. The summed E-state index contributed by atoms with van der Waals surface area (Å²) in [7, 11) is 0. The van der Waals surface area contributed by atoms with Gasteiger partial charge >= 0.3 is 0 Å². The van der Waals surface area contributed by atoms with Gasteiger partial charge < -0.3 is 0 Å². The second kappa shape index (κ2) is 4.30. The van der Waals surface area contributed by atoms with Gasteiger partial charge in [0.2, 0.25) is 0 Å². The van der Waals surface area contributed by atoms with Crippen molar-refractivity contribution in [1.29, 1.82) is 0 Å². The highest BCUT2D eigenvalue weighted by molar-refractivity contribution is 5.98. The Labute approximate surface area is 113 Å². The molecule has 1 aliphatic rings. The van der Waals surface area contributed by atoms with E-state index >= 15 is 0 Å². The molecular weight excluding hydrogens is 234 g/mol. The zero-order chi connectivity index (χ0) is 13.5. The van der Waals surface area contributed by atoms with Crippen molar-refractivity contribution in [2.45, 2.75) is 26.7 Å². The number of pyridine rings is 1. The summed E-state index contributed by atoms with van der Waals surface area (Å²) in [4.78, 5) is 16.8. The first kappa shape index (κ1) is 12.1. The Morgan fingerprint density at radius 1 is 1.00 bits per heavy atom. The molecule has 0 aliphatic heterocycles. The lowest BCUT2D eigenvalue weighted by molar-refractivity contribution is 0.0910. The van der Waals surface area contributed by atoms with Crippen LogP contribution in [0, 0.1) is 5.41 Å². The Hall–Kier alpha value is -1.96. The first-order chi connectivity index (χ1) is 9.05. The standard InChI is InChI=1S/C17H17NO/c1-17(2)10-15-13(16(19)11-17)8-9-14(18-15)12-6-4-3-5-7-12/h3-9H,10-11H2,1-2H3. The van der Waals surface area contributed by atoms with Gasteiger partial charge in [0.05, 0.1) is 11.4 Å².